The number of hydrogen-bond donors (Lipinski definition) is 1. The van der Waals surface area contributed by atoms with Gasteiger partial charge in [-0.25, -0.2) is 4.98 Å². The Morgan fingerprint density at radius 1 is 0.875 bits per heavy atom. The molecule has 4 aromatic rings. The number of para-hydroxylation sites is 3. The SMILES string of the molecule is C[n+]1c2ccccc2nc2cc(/C=N/Nc3ccccc3)ccc21. The van der Waals surface area contributed by atoms with E-state index in [2.05, 4.69) is 46.4 Å². The van der Waals surface area contributed by atoms with Gasteiger partial charge in [0, 0.05) is 12.1 Å². The van der Waals surface area contributed by atoms with Crippen molar-refractivity contribution in [1.29, 1.82) is 0 Å². The van der Waals surface area contributed by atoms with Crippen molar-refractivity contribution < 1.29 is 4.57 Å². The fourth-order valence-electron chi connectivity index (χ4n) is 2.79. The number of hydrazone groups is 1. The lowest BCUT2D eigenvalue weighted by atomic mass is 10.2. The molecule has 0 aliphatic heterocycles. The van der Waals surface area contributed by atoms with Gasteiger partial charge in [0.25, 0.3) is 0 Å². The Hall–Kier alpha value is -3.27. The third-order valence-electron chi connectivity index (χ3n) is 4.03. The smallest absolute Gasteiger partial charge is 0.231 e. The largest absolute Gasteiger partial charge is 0.279 e. The second-order valence-electron chi connectivity index (χ2n) is 5.64. The number of anilines is 1. The van der Waals surface area contributed by atoms with Crippen molar-refractivity contribution in [2.24, 2.45) is 12.1 Å². The number of benzene rings is 3. The predicted octanol–water partition coefficient (Wildman–Crippen LogP) is 3.66. The number of aromatic nitrogens is 2. The highest BCUT2D eigenvalue weighted by Crippen LogP contribution is 2.15. The first-order valence-electron chi connectivity index (χ1n) is 7.84. The van der Waals surface area contributed by atoms with Crippen molar-refractivity contribution in [1.82, 2.24) is 4.98 Å². The van der Waals surface area contributed by atoms with Gasteiger partial charge in [-0.2, -0.15) is 9.67 Å². The normalized spacial score (nSPS) is 11.4. The van der Waals surface area contributed by atoms with E-state index < -0.39 is 0 Å². The van der Waals surface area contributed by atoms with E-state index in [4.69, 9.17) is 4.98 Å². The quantitative estimate of drug-likeness (QED) is 0.271. The van der Waals surface area contributed by atoms with Gasteiger partial charge in [-0.15, -0.1) is 0 Å². The maximum absolute atomic E-state index is 4.76. The molecule has 0 amide bonds. The average Bonchev–Trinajstić information content (AvgIpc) is 2.63. The maximum Gasteiger partial charge on any atom is 0.231 e. The van der Waals surface area contributed by atoms with Gasteiger partial charge in [-0.05, 0) is 35.9 Å². The van der Waals surface area contributed by atoms with Gasteiger partial charge in [-0.3, -0.25) is 5.43 Å². The van der Waals surface area contributed by atoms with Crippen LogP contribution in [0.15, 0.2) is 77.9 Å². The molecule has 0 saturated heterocycles. The molecule has 0 aliphatic carbocycles. The zero-order valence-corrected chi connectivity index (χ0v) is 13.3. The molecule has 116 valence electrons. The summed E-state index contributed by atoms with van der Waals surface area (Å²) in [6.07, 6.45) is 1.81. The van der Waals surface area contributed by atoms with Crippen molar-refractivity contribution in [2.75, 3.05) is 5.43 Å². The van der Waals surface area contributed by atoms with Crippen LogP contribution in [0.2, 0.25) is 0 Å². The van der Waals surface area contributed by atoms with Crippen LogP contribution in [0, 0.1) is 0 Å². The number of nitrogens with zero attached hydrogens (tertiary/aromatic N) is 3. The Morgan fingerprint density at radius 2 is 1.62 bits per heavy atom. The van der Waals surface area contributed by atoms with Crippen LogP contribution in [0.3, 0.4) is 0 Å². The van der Waals surface area contributed by atoms with Gasteiger partial charge < -0.3 is 0 Å². The minimum absolute atomic E-state index is 0.958. The zero-order chi connectivity index (χ0) is 16.4. The van der Waals surface area contributed by atoms with E-state index in [1.165, 1.54) is 0 Å². The van der Waals surface area contributed by atoms with Gasteiger partial charge in [0.2, 0.25) is 11.0 Å². The number of aryl methyl sites for hydroxylation is 1. The molecule has 24 heavy (non-hydrogen) atoms. The monoisotopic (exact) mass is 313 g/mol. The molecular weight excluding hydrogens is 296 g/mol. The molecule has 4 heteroatoms. The van der Waals surface area contributed by atoms with Crippen LogP contribution < -0.4 is 9.99 Å². The summed E-state index contributed by atoms with van der Waals surface area (Å²) < 4.78 is 2.17. The molecule has 0 aliphatic rings. The van der Waals surface area contributed by atoms with Crippen LogP contribution in [-0.4, -0.2) is 11.2 Å². The second-order valence-corrected chi connectivity index (χ2v) is 5.64. The van der Waals surface area contributed by atoms with Crippen LogP contribution in [-0.2, 0) is 7.05 Å². The summed E-state index contributed by atoms with van der Waals surface area (Å²) in [6, 6.07) is 24.2. The van der Waals surface area contributed by atoms with Crippen molar-refractivity contribution in [3.05, 3.63) is 78.4 Å². The molecule has 3 aromatic carbocycles. The molecule has 0 atom stereocenters. The standard InChI is InChI=1S/C20H17N4/c1-24-19-10-6-5-9-17(19)22-18-13-15(11-12-20(18)24)14-21-23-16-7-3-2-4-8-16/h2-14,23H,1H3/q+1/b21-14+. The first-order valence-corrected chi connectivity index (χ1v) is 7.84. The third-order valence-corrected chi connectivity index (χ3v) is 4.03. The van der Waals surface area contributed by atoms with Crippen molar-refractivity contribution in [2.45, 2.75) is 0 Å². The summed E-state index contributed by atoms with van der Waals surface area (Å²) in [4.78, 5) is 4.76. The number of fused-ring (bicyclic) bond motifs is 2. The molecule has 0 saturated carbocycles. The Kier molecular flexibility index (Phi) is 3.63. The zero-order valence-electron chi connectivity index (χ0n) is 13.3. The first-order chi connectivity index (χ1) is 11.8. The van der Waals surface area contributed by atoms with Gasteiger partial charge in [0.05, 0.1) is 11.9 Å². The van der Waals surface area contributed by atoms with E-state index in [1.54, 1.807) is 0 Å². The maximum atomic E-state index is 4.76. The summed E-state index contributed by atoms with van der Waals surface area (Å²) in [5, 5.41) is 4.29. The molecule has 1 N–H and O–H groups in total. The van der Waals surface area contributed by atoms with Crippen LogP contribution in [0.1, 0.15) is 5.56 Å². The highest BCUT2D eigenvalue weighted by atomic mass is 15.3. The molecule has 0 spiro atoms. The lowest BCUT2D eigenvalue weighted by Crippen LogP contribution is -2.30. The molecule has 0 unspecified atom stereocenters. The fraction of sp³-hybridized carbons (Fsp3) is 0.0500. The van der Waals surface area contributed by atoms with E-state index in [-0.39, 0.29) is 0 Å². The van der Waals surface area contributed by atoms with Crippen LogP contribution in [0.25, 0.3) is 22.1 Å². The minimum Gasteiger partial charge on any atom is -0.279 e. The molecule has 4 nitrogen and oxygen atoms in total. The predicted molar refractivity (Wildman–Crippen MR) is 98.1 cm³/mol. The van der Waals surface area contributed by atoms with E-state index in [1.807, 2.05) is 54.7 Å². The van der Waals surface area contributed by atoms with Gasteiger partial charge in [0.1, 0.15) is 18.1 Å². The van der Waals surface area contributed by atoms with Crippen molar-refractivity contribution >= 4 is 34.0 Å². The Labute approximate surface area is 140 Å². The number of rotatable bonds is 3. The van der Waals surface area contributed by atoms with E-state index in [0.717, 1.165) is 33.3 Å². The fourth-order valence-corrected chi connectivity index (χ4v) is 2.79. The first kappa shape index (κ1) is 14.3. The summed E-state index contributed by atoms with van der Waals surface area (Å²) in [5.74, 6) is 0. The van der Waals surface area contributed by atoms with E-state index >= 15 is 0 Å². The molecule has 0 radical (unpaired) electrons. The minimum atomic E-state index is 0.958. The summed E-state index contributed by atoms with van der Waals surface area (Å²) in [7, 11) is 2.07. The summed E-state index contributed by atoms with van der Waals surface area (Å²) in [5.41, 5.74) is 9.17. The topological polar surface area (TPSA) is 41.2 Å². The average molecular weight is 313 g/mol. The number of nitrogens with one attached hydrogen (secondary N) is 1. The molecular formula is C20H17N4+. The Balaban J connectivity index is 1.69. The van der Waals surface area contributed by atoms with Crippen molar-refractivity contribution in [3.63, 3.8) is 0 Å². The van der Waals surface area contributed by atoms with Gasteiger partial charge >= 0.3 is 0 Å². The lowest BCUT2D eigenvalue weighted by molar-refractivity contribution is -0.617. The lowest BCUT2D eigenvalue weighted by Gasteiger charge is -2.02. The van der Waals surface area contributed by atoms with Gasteiger partial charge in [0.15, 0.2) is 0 Å². The summed E-state index contributed by atoms with van der Waals surface area (Å²) >= 11 is 0. The van der Waals surface area contributed by atoms with Crippen LogP contribution in [0.5, 0.6) is 0 Å². The molecule has 1 heterocycles. The van der Waals surface area contributed by atoms with Crippen LogP contribution in [0.4, 0.5) is 5.69 Å². The third kappa shape index (κ3) is 2.70. The Bertz CT molecular complexity index is 1040. The van der Waals surface area contributed by atoms with E-state index in [9.17, 15) is 0 Å². The highest BCUT2D eigenvalue weighted by Gasteiger charge is 2.12. The second kappa shape index (κ2) is 6.08. The van der Waals surface area contributed by atoms with Crippen molar-refractivity contribution in [3.8, 4) is 0 Å². The van der Waals surface area contributed by atoms with Gasteiger partial charge in [-0.1, -0.05) is 30.3 Å². The molecule has 0 fully saturated rings. The molecule has 1 aromatic heterocycles. The molecule has 0 bridgehead atoms. The highest BCUT2D eigenvalue weighted by molar-refractivity contribution is 5.88. The molecule has 4 rings (SSSR count). The summed E-state index contributed by atoms with van der Waals surface area (Å²) in [6.45, 7) is 0. The number of hydrogen-bond acceptors (Lipinski definition) is 3. The Morgan fingerprint density at radius 3 is 2.50 bits per heavy atom. The van der Waals surface area contributed by atoms with Crippen LogP contribution >= 0.6 is 0 Å². The van der Waals surface area contributed by atoms with E-state index in [0.29, 0.717) is 0 Å².